The summed E-state index contributed by atoms with van der Waals surface area (Å²) in [5, 5.41) is 11.9. The molecule has 0 spiro atoms. The highest BCUT2D eigenvalue weighted by Crippen LogP contribution is 2.23. The molecular weight excluding hydrogens is 270 g/mol. The topological polar surface area (TPSA) is 74.0 Å². The van der Waals surface area contributed by atoms with Crippen LogP contribution in [0.25, 0.3) is 10.9 Å². The largest absolute Gasteiger partial charge is 0.466 e. The number of nitrogens with zero attached hydrogens (tertiary/aromatic N) is 4. The molecule has 7 nitrogen and oxygen atoms in total. The van der Waals surface area contributed by atoms with Crippen LogP contribution in [0.5, 0.6) is 5.88 Å². The van der Waals surface area contributed by atoms with Crippen molar-refractivity contribution in [3.05, 3.63) is 36.5 Å². The monoisotopic (exact) mass is 285 g/mol. The molecule has 1 N–H and O–H groups in total. The van der Waals surface area contributed by atoms with Crippen LogP contribution < -0.4 is 10.1 Å². The molecule has 0 aliphatic heterocycles. The number of anilines is 1. The number of ether oxygens (including phenoxy) is 1. The van der Waals surface area contributed by atoms with Crippen LogP contribution in [0.3, 0.4) is 0 Å². The summed E-state index contributed by atoms with van der Waals surface area (Å²) < 4.78 is 8.84. The van der Waals surface area contributed by atoms with Crippen molar-refractivity contribution in [2.45, 2.75) is 0 Å². The minimum atomic E-state index is -0.275. The van der Waals surface area contributed by atoms with Crippen molar-refractivity contribution in [1.82, 2.24) is 19.6 Å². The first-order valence-electron chi connectivity index (χ1n) is 6.47. The second-order valence-electron chi connectivity index (χ2n) is 4.66. The highest BCUT2D eigenvalue weighted by molar-refractivity contribution is 5.91. The smallest absolute Gasteiger partial charge is 0.263 e. The summed E-state index contributed by atoms with van der Waals surface area (Å²) in [7, 11) is 3.62. The average Bonchev–Trinajstić information content (AvgIpc) is 3.01. The van der Waals surface area contributed by atoms with E-state index in [4.69, 9.17) is 4.74 Å². The lowest BCUT2D eigenvalue weighted by Crippen LogP contribution is -2.20. The number of aryl methyl sites for hydroxylation is 2. The van der Waals surface area contributed by atoms with Crippen molar-refractivity contribution in [2.24, 2.45) is 14.1 Å². The number of hydrogen-bond acceptors (Lipinski definition) is 4. The molecule has 2 heterocycles. The van der Waals surface area contributed by atoms with Gasteiger partial charge < -0.3 is 10.1 Å². The third-order valence-corrected chi connectivity index (χ3v) is 3.05. The van der Waals surface area contributed by atoms with E-state index >= 15 is 0 Å². The molecule has 1 aromatic carbocycles. The van der Waals surface area contributed by atoms with E-state index in [2.05, 4.69) is 15.5 Å². The van der Waals surface area contributed by atoms with Gasteiger partial charge >= 0.3 is 0 Å². The van der Waals surface area contributed by atoms with Gasteiger partial charge in [0.2, 0.25) is 5.88 Å². The summed E-state index contributed by atoms with van der Waals surface area (Å²) in [5.41, 5.74) is 0.956. The number of aromatic nitrogens is 4. The van der Waals surface area contributed by atoms with E-state index in [1.807, 2.05) is 31.3 Å². The quantitative estimate of drug-likeness (QED) is 0.784. The summed E-state index contributed by atoms with van der Waals surface area (Å²) in [4.78, 5) is 11.8. The molecule has 3 aromatic rings. The standard InChI is InChI=1S/C14H15N5O2/c1-18-8-7-12(16-18)15-13(20)9-21-14-10-5-3-4-6-11(10)19(2)17-14/h3-8H,9H2,1-2H3,(H,15,16,20). The third kappa shape index (κ3) is 2.71. The normalized spacial score (nSPS) is 10.8. The van der Waals surface area contributed by atoms with Crippen LogP contribution in [0.4, 0.5) is 5.82 Å². The Balaban J connectivity index is 1.67. The lowest BCUT2D eigenvalue weighted by Gasteiger charge is -2.03. The zero-order chi connectivity index (χ0) is 14.8. The number of hydrogen-bond donors (Lipinski definition) is 1. The van der Waals surface area contributed by atoms with Gasteiger partial charge in [-0.15, -0.1) is 5.10 Å². The number of carbonyl (C=O) groups is 1. The summed E-state index contributed by atoms with van der Waals surface area (Å²) in [6.45, 7) is -0.114. The van der Waals surface area contributed by atoms with Crippen molar-refractivity contribution in [2.75, 3.05) is 11.9 Å². The zero-order valence-corrected chi connectivity index (χ0v) is 11.8. The Bertz CT molecular complexity index is 790. The van der Waals surface area contributed by atoms with Gasteiger partial charge in [0, 0.05) is 26.4 Å². The third-order valence-electron chi connectivity index (χ3n) is 3.05. The van der Waals surface area contributed by atoms with Gasteiger partial charge in [-0.05, 0) is 12.1 Å². The molecule has 2 aromatic heterocycles. The van der Waals surface area contributed by atoms with E-state index in [0.717, 1.165) is 10.9 Å². The SMILES string of the molecule is Cn1ccc(NC(=O)COc2nn(C)c3ccccc23)n1. The van der Waals surface area contributed by atoms with Crippen LogP contribution in [0.1, 0.15) is 0 Å². The van der Waals surface area contributed by atoms with Gasteiger partial charge in [-0.1, -0.05) is 12.1 Å². The van der Waals surface area contributed by atoms with Crippen molar-refractivity contribution in [1.29, 1.82) is 0 Å². The fraction of sp³-hybridized carbons (Fsp3) is 0.214. The fourth-order valence-electron chi connectivity index (χ4n) is 2.08. The second kappa shape index (κ2) is 5.28. The van der Waals surface area contributed by atoms with Gasteiger partial charge in [0.05, 0.1) is 10.9 Å². The molecule has 0 aliphatic rings. The molecule has 0 atom stereocenters. The van der Waals surface area contributed by atoms with Gasteiger partial charge in [-0.3, -0.25) is 14.2 Å². The Kier molecular flexibility index (Phi) is 3.31. The first kappa shape index (κ1) is 13.2. The summed E-state index contributed by atoms with van der Waals surface area (Å²) in [5.74, 6) is 0.671. The number of amides is 1. The van der Waals surface area contributed by atoms with Crippen LogP contribution in [0, 0.1) is 0 Å². The minimum absolute atomic E-state index is 0.114. The van der Waals surface area contributed by atoms with E-state index in [0.29, 0.717) is 11.7 Å². The number of fused-ring (bicyclic) bond motifs is 1. The molecule has 108 valence electrons. The molecule has 3 rings (SSSR count). The van der Waals surface area contributed by atoms with Crippen LogP contribution in [0.2, 0.25) is 0 Å². The maximum atomic E-state index is 11.8. The van der Waals surface area contributed by atoms with Crippen molar-refractivity contribution >= 4 is 22.6 Å². The molecule has 0 unspecified atom stereocenters. The highest BCUT2D eigenvalue weighted by Gasteiger charge is 2.11. The number of carbonyl (C=O) groups excluding carboxylic acids is 1. The van der Waals surface area contributed by atoms with Crippen LogP contribution >= 0.6 is 0 Å². The number of rotatable bonds is 4. The number of benzene rings is 1. The summed E-state index contributed by atoms with van der Waals surface area (Å²) in [6.07, 6.45) is 1.75. The minimum Gasteiger partial charge on any atom is -0.466 e. The predicted octanol–water partition coefficient (Wildman–Crippen LogP) is 1.32. The molecule has 0 fully saturated rings. The van der Waals surface area contributed by atoms with Crippen molar-refractivity contribution < 1.29 is 9.53 Å². The first-order chi connectivity index (χ1) is 10.1. The van der Waals surface area contributed by atoms with Crippen LogP contribution in [0.15, 0.2) is 36.5 Å². The first-order valence-corrected chi connectivity index (χ1v) is 6.47. The van der Waals surface area contributed by atoms with E-state index in [9.17, 15) is 4.79 Å². The molecule has 1 amide bonds. The Labute approximate surface area is 121 Å². The zero-order valence-electron chi connectivity index (χ0n) is 11.8. The second-order valence-corrected chi connectivity index (χ2v) is 4.66. The maximum absolute atomic E-state index is 11.8. The maximum Gasteiger partial charge on any atom is 0.263 e. The molecular formula is C14H15N5O2. The fourth-order valence-corrected chi connectivity index (χ4v) is 2.08. The Morgan fingerprint density at radius 1 is 1.24 bits per heavy atom. The number of para-hydroxylation sites is 1. The van der Waals surface area contributed by atoms with Crippen molar-refractivity contribution in [3.63, 3.8) is 0 Å². The van der Waals surface area contributed by atoms with E-state index in [1.54, 1.807) is 28.7 Å². The van der Waals surface area contributed by atoms with E-state index in [1.165, 1.54) is 0 Å². The van der Waals surface area contributed by atoms with Gasteiger partial charge in [0.15, 0.2) is 12.4 Å². The van der Waals surface area contributed by atoms with Gasteiger partial charge in [0.1, 0.15) is 0 Å². The van der Waals surface area contributed by atoms with Crippen molar-refractivity contribution in [3.8, 4) is 5.88 Å². The predicted molar refractivity (Wildman–Crippen MR) is 78.0 cm³/mol. The summed E-state index contributed by atoms with van der Waals surface area (Å²) >= 11 is 0. The van der Waals surface area contributed by atoms with Gasteiger partial charge in [-0.25, -0.2) is 0 Å². The highest BCUT2D eigenvalue weighted by atomic mass is 16.5. The summed E-state index contributed by atoms with van der Waals surface area (Å²) in [6, 6.07) is 9.41. The molecule has 0 saturated heterocycles. The molecule has 21 heavy (non-hydrogen) atoms. The molecule has 0 radical (unpaired) electrons. The van der Waals surface area contributed by atoms with Crippen LogP contribution in [-0.2, 0) is 18.9 Å². The Morgan fingerprint density at radius 2 is 2.05 bits per heavy atom. The van der Waals surface area contributed by atoms with Gasteiger partial charge in [0.25, 0.3) is 5.91 Å². The lowest BCUT2D eigenvalue weighted by atomic mass is 10.2. The number of nitrogens with one attached hydrogen (secondary N) is 1. The lowest BCUT2D eigenvalue weighted by molar-refractivity contribution is -0.118. The van der Waals surface area contributed by atoms with E-state index in [-0.39, 0.29) is 12.5 Å². The molecule has 0 saturated carbocycles. The molecule has 7 heteroatoms. The molecule has 0 bridgehead atoms. The Morgan fingerprint density at radius 3 is 2.81 bits per heavy atom. The average molecular weight is 285 g/mol. The van der Waals surface area contributed by atoms with Crippen LogP contribution in [-0.4, -0.2) is 32.1 Å². The van der Waals surface area contributed by atoms with Gasteiger partial charge in [-0.2, -0.15) is 5.10 Å². The van der Waals surface area contributed by atoms with E-state index < -0.39 is 0 Å². The Hall–Kier alpha value is -2.83. The molecule has 0 aliphatic carbocycles.